The molecule has 4 fully saturated rings. The average Bonchev–Trinajstić information content (AvgIpc) is 3.54. The molecule has 4 saturated heterocycles. The zero-order valence-electron chi connectivity index (χ0n) is 23.2. The van der Waals surface area contributed by atoms with Gasteiger partial charge in [-0.15, -0.1) is 10.2 Å². The molecule has 224 valence electrons. The number of hydrogen-bond acceptors (Lipinski definition) is 17. The molecule has 7 rings (SSSR count). The second kappa shape index (κ2) is 12.8. The van der Waals surface area contributed by atoms with Crippen LogP contribution in [0.5, 0.6) is 0 Å². The third kappa shape index (κ3) is 6.17. The fourth-order valence-electron chi connectivity index (χ4n) is 4.96. The zero-order valence-corrected chi connectivity index (χ0v) is 24.1. The van der Waals surface area contributed by atoms with E-state index in [4.69, 9.17) is 48.9 Å². The molecule has 4 aliphatic rings. The highest BCUT2D eigenvalue weighted by Gasteiger charge is 2.25. The van der Waals surface area contributed by atoms with Crippen LogP contribution in [-0.4, -0.2) is 150 Å². The van der Waals surface area contributed by atoms with Crippen LogP contribution in [0.25, 0.3) is 5.95 Å². The summed E-state index contributed by atoms with van der Waals surface area (Å²) in [6.07, 6.45) is 1.61. The van der Waals surface area contributed by atoms with Crippen LogP contribution < -0.4 is 19.6 Å². The standard InChI is InChI=1S/C24H33N13O4S/c1-9-38-10-2-33(1)18-26-19(34-3-11-39-12-4-34)29-22(28-18)37-17-25-32-24(37)42-23-30-20(35-5-13-40-14-6-35)27-21(31-23)36-7-15-41-16-8-36/h17H,1-16H2. The lowest BCUT2D eigenvalue weighted by Gasteiger charge is -2.30. The Labute approximate surface area is 246 Å². The highest BCUT2D eigenvalue weighted by Crippen LogP contribution is 2.29. The number of aromatic nitrogens is 9. The Morgan fingerprint density at radius 2 is 0.833 bits per heavy atom. The van der Waals surface area contributed by atoms with E-state index in [1.54, 1.807) is 10.9 Å². The van der Waals surface area contributed by atoms with Gasteiger partial charge in [-0.2, -0.15) is 29.9 Å². The van der Waals surface area contributed by atoms with Crippen molar-refractivity contribution in [2.45, 2.75) is 10.3 Å². The highest BCUT2D eigenvalue weighted by molar-refractivity contribution is 7.99. The predicted molar refractivity (Wildman–Crippen MR) is 151 cm³/mol. The van der Waals surface area contributed by atoms with Crippen LogP contribution in [0.1, 0.15) is 0 Å². The normalized spacial score (nSPS) is 20.3. The van der Waals surface area contributed by atoms with Gasteiger partial charge in [-0.05, 0) is 11.8 Å². The maximum absolute atomic E-state index is 5.55. The SMILES string of the molecule is c1nnc(Sc2nc(N3CCOCC3)nc(N3CCOCC3)n2)n1-c1nc(N2CCOCC2)nc(N2CCOCC2)n1. The van der Waals surface area contributed by atoms with Gasteiger partial charge in [-0.3, -0.25) is 0 Å². The Bertz CT molecular complexity index is 1270. The van der Waals surface area contributed by atoms with E-state index in [0.717, 1.165) is 0 Å². The van der Waals surface area contributed by atoms with E-state index in [1.165, 1.54) is 11.8 Å². The van der Waals surface area contributed by atoms with Crippen molar-refractivity contribution in [3.05, 3.63) is 6.33 Å². The summed E-state index contributed by atoms with van der Waals surface area (Å²) in [7, 11) is 0. The maximum Gasteiger partial charge on any atom is 0.243 e. The Hall–Kier alpha value is -3.45. The van der Waals surface area contributed by atoms with Crippen molar-refractivity contribution < 1.29 is 18.9 Å². The van der Waals surface area contributed by atoms with E-state index in [-0.39, 0.29) is 0 Å². The third-order valence-corrected chi connectivity index (χ3v) is 8.11. The van der Waals surface area contributed by atoms with Gasteiger partial charge in [-0.1, -0.05) is 0 Å². The molecule has 7 heterocycles. The van der Waals surface area contributed by atoms with Gasteiger partial charge < -0.3 is 38.5 Å². The van der Waals surface area contributed by atoms with Gasteiger partial charge in [0.1, 0.15) is 6.33 Å². The van der Waals surface area contributed by atoms with Crippen LogP contribution >= 0.6 is 11.8 Å². The van der Waals surface area contributed by atoms with Gasteiger partial charge in [0, 0.05) is 52.4 Å². The largest absolute Gasteiger partial charge is 0.378 e. The highest BCUT2D eigenvalue weighted by atomic mass is 32.2. The first kappa shape index (κ1) is 27.4. The smallest absolute Gasteiger partial charge is 0.243 e. The van der Waals surface area contributed by atoms with Crippen LogP contribution in [0, 0.1) is 0 Å². The Morgan fingerprint density at radius 3 is 1.24 bits per heavy atom. The lowest BCUT2D eigenvalue weighted by molar-refractivity contribution is 0.121. The van der Waals surface area contributed by atoms with E-state index in [2.05, 4.69) is 29.8 Å². The number of rotatable bonds is 7. The fourth-order valence-corrected chi connectivity index (χ4v) is 5.70. The molecule has 0 amide bonds. The molecular weight excluding hydrogens is 566 g/mol. The van der Waals surface area contributed by atoms with Crippen molar-refractivity contribution in [3.63, 3.8) is 0 Å². The molecule has 0 aromatic carbocycles. The number of ether oxygens (including phenoxy) is 4. The second-order valence-corrected chi connectivity index (χ2v) is 10.9. The molecule has 0 saturated carbocycles. The van der Waals surface area contributed by atoms with Gasteiger partial charge in [-0.25, -0.2) is 4.57 Å². The summed E-state index contributed by atoms with van der Waals surface area (Å²) in [4.78, 5) is 37.4. The van der Waals surface area contributed by atoms with E-state index in [0.29, 0.717) is 145 Å². The molecule has 0 radical (unpaired) electrons. The van der Waals surface area contributed by atoms with Crippen LogP contribution in [0.15, 0.2) is 16.6 Å². The van der Waals surface area contributed by atoms with Crippen LogP contribution in [0.4, 0.5) is 23.8 Å². The van der Waals surface area contributed by atoms with Crippen LogP contribution in [-0.2, 0) is 18.9 Å². The minimum absolute atomic E-state index is 0.427. The predicted octanol–water partition coefficient (Wildman–Crippen LogP) is -0.865. The van der Waals surface area contributed by atoms with Crippen molar-refractivity contribution in [2.75, 3.05) is 125 Å². The number of nitrogens with zero attached hydrogens (tertiary/aromatic N) is 13. The number of anilines is 4. The summed E-state index contributed by atoms with van der Waals surface area (Å²) in [6.45, 7) is 10.7. The van der Waals surface area contributed by atoms with Gasteiger partial charge in [0.25, 0.3) is 0 Å². The quantitative estimate of drug-likeness (QED) is 0.330. The van der Waals surface area contributed by atoms with Gasteiger partial charge >= 0.3 is 0 Å². The number of morpholine rings is 4. The summed E-state index contributed by atoms with van der Waals surface area (Å²) >= 11 is 1.30. The van der Waals surface area contributed by atoms with E-state index in [1.807, 2.05) is 0 Å². The van der Waals surface area contributed by atoms with Crippen molar-refractivity contribution in [2.24, 2.45) is 0 Å². The molecule has 18 heteroatoms. The maximum atomic E-state index is 5.55. The van der Waals surface area contributed by atoms with Gasteiger partial charge in [0.2, 0.25) is 40.1 Å². The lowest BCUT2D eigenvalue weighted by atomic mass is 10.4. The van der Waals surface area contributed by atoms with E-state index >= 15 is 0 Å². The molecule has 0 N–H and O–H groups in total. The summed E-state index contributed by atoms with van der Waals surface area (Å²) in [5, 5.41) is 9.65. The average molecular weight is 600 g/mol. The Balaban J connectivity index is 1.22. The first-order valence-electron chi connectivity index (χ1n) is 14.2. The fraction of sp³-hybridized carbons (Fsp3) is 0.667. The number of hydrogen-bond donors (Lipinski definition) is 0. The van der Waals surface area contributed by atoms with E-state index < -0.39 is 0 Å². The van der Waals surface area contributed by atoms with Crippen LogP contribution in [0.3, 0.4) is 0 Å². The molecule has 0 aliphatic carbocycles. The van der Waals surface area contributed by atoms with Crippen molar-refractivity contribution in [1.29, 1.82) is 0 Å². The zero-order chi connectivity index (χ0) is 28.1. The Kier molecular flexibility index (Phi) is 8.36. The topological polar surface area (TPSA) is 158 Å². The first-order chi connectivity index (χ1) is 20.8. The molecule has 3 aromatic heterocycles. The minimum Gasteiger partial charge on any atom is -0.378 e. The molecule has 0 atom stereocenters. The molecule has 4 aliphatic heterocycles. The summed E-state index contributed by atoms with van der Waals surface area (Å²) in [6, 6.07) is 0. The second-order valence-electron chi connectivity index (χ2n) is 9.94. The summed E-state index contributed by atoms with van der Waals surface area (Å²) < 4.78 is 24.0. The Morgan fingerprint density at radius 1 is 0.476 bits per heavy atom. The molecule has 17 nitrogen and oxygen atoms in total. The van der Waals surface area contributed by atoms with Crippen molar-refractivity contribution in [1.82, 2.24) is 44.7 Å². The molecule has 0 unspecified atom stereocenters. The molecule has 42 heavy (non-hydrogen) atoms. The van der Waals surface area contributed by atoms with Crippen molar-refractivity contribution in [3.8, 4) is 5.95 Å². The first-order valence-corrected chi connectivity index (χ1v) is 15.0. The summed E-state index contributed by atoms with van der Waals surface area (Å²) in [5.74, 6) is 2.86. The van der Waals surface area contributed by atoms with Crippen molar-refractivity contribution >= 4 is 35.6 Å². The lowest BCUT2D eigenvalue weighted by Crippen LogP contribution is -2.40. The molecule has 0 bridgehead atoms. The molecular formula is C24H33N13O4S. The monoisotopic (exact) mass is 599 g/mol. The summed E-state index contributed by atoms with van der Waals surface area (Å²) in [5.41, 5.74) is 0. The molecule has 3 aromatic rings. The van der Waals surface area contributed by atoms with Gasteiger partial charge in [0.15, 0.2) is 0 Å². The third-order valence-electron chi connectivity index (χ3n) is 7.28. The minimum atomic E-state index is 0.427. The van der Waals surface area contributed by atoms with E-state index in [9.17, 15) is 0 Å². The molecule has 0 spiro atoms. The van der Waals surface area contributed by atoms with Gasteiger partial charge in [0.05, 0.1) is 52.9 Å². The van der Waals surface area contributed by atoms with Crippen LogP contribution in [0.2, 0.25) is 0 Å².